The monoisotopic (exact) mass is 1550 g/mol. The molecule has 0 saturated carbocycles. The van der Waals surface area contributed by atoms with Crippen LogP contribution in [-0.2, 0) is 44.9 Å². The van der Waals surface area contributed by atoms with Crippen molar-refractivity contribution in [3.05, 3.63) is 306 Å². The lowest BCUT2D eigenvalue weighted by Crippen LogP contribution is -2.61. The predicted octanol–water partition coefficient (Wildman–Crippen LogP) is 29.8. The molecule has 596 valence electrons. The zero-order valence-electron chi connectivity index (χ0n) is 76.0. The lowest BCUT2D eigenvalue weighted by atomic mass is 9.33. The fourth-order valence-corrected chi connectivity index (χ4v) is 19.6. The first-order chi connectivity index (χ1) is 56.6. The van der Waals surface area contributed by atoms with Gasteiger partial charge in [-0.15, -0.1) is 0 Å². The molecule has 15 aromatic rings. The first-order valence-electron chi connectivity index (χ1n) is 44.3. The van der Waals surface area contributed by atoms with Crippen molar-refractivity contribution >= 4 is 101 Å². The third-order valence-corrected chi connectivity index (χ3v) is 23.4. The van der Waals surface area contributed by atoms with Gasteiger partial charge in [0.2, 0.25) is 0 Å². The molecule has 0 unspecified atom stereocenters. The maximum atomic E-state index is 11.1. The molecule has 0 N–H and O–H groups in total. The lowest BCUT2D eigenvalue weighted by Gasteiger charge is -2.46. The first kappa shape index (κ1) is 77.1. The smallest absolute Gasteiger partial charge is 0.252 e. The summed E-state index contributed by atoms with van der Waals surface area (Å²) in [4.78, 5) is 5.28. The molecule has 0 bridgehead atoms. The summed E-state index contributed by atoms with van der Waals surface area (Å²) < 4.78 is 27.3. The Morgan fingerprint density at radius 1 is 0.246 bits per heavy atom. The van der Waals surface area contributed by atoms with Gasteiger partial charge < -0.3 is 18.9 Å². The fourth-order valence-electron chi connectivity index (χ4n) is 19.6. The van der Waals surface area contributed by atoms with Gasteiger partial charge in [-0.25, -0.2) is 0 Å². The van der Waals surface area contributed by atoms with Gasteiger partial charge in [0, 0.05) is 80.7 Å². The van der Waals surface area contributed by atoms with E-state index in [9.17, 15) is 2.74 Å². The highest BCUT2D eigenvalue weighted by Crippen LogP contribution is 2.56. The van der Waals surface area contributed by atoms with Gasteiger partial charge in [0.1, 0.15) is 0 Å². The van der Waals surface area contributed by atoms with Crippen LogP contribution in [0.4, 0.5) is 34.1 Å². The number of benzene rings is 13. The standard InChI is InChI=1S/C113H121BN4/c1-107(2,3)66-73-42-50-96-90(54-73)91-55-74(67-108(4,5)6)43-51-97(91)115(96)84-46-48-94-100(64-84)117(105-86(80-34-26-22-27-35-80)58-77(70-111(13,14)15)59-87(105)81-36-28-23-29-37-81)102-62-79(72-113(19,20)21)63-103-104(102)114(94)95-49-47-85(116-98-52-44-75(68-109(7,8)9)56-92(98)93-57-76(45-53-99(93)116)69-110(10,11)12)65-101(95)118(103)106-88(82-38-30-24-31-39-82)60-78(71-112(16,17)18)61-89(106)83-40-32-25-33-41-83/h22-65H,66-72H2,1-21H3/i72D2. The minimum Gasteiger partial charge on any atom is -0.310 e. The summed E-state index contributed by atoms with van der Waals surface area (Å²) in [6, 6.07) is 103. The number of nitrogens with zero attached hydrogens (tertiary/aromatic N) is 4. The minimum atomic E-state index is -1.90. The largest absolute Gasteiger partial charge is 0.310 e. The molecule has 13 aromatic carbocycles. The number of anilines is 6. The normalized spacial score (nSPS) is 13.9. The van der Waals surface area contributed by atoms with Gasteiger partial charge in [-0.05, 0) is 270 Å². The first-order valence-corrected chi connectivity index (χ1v) is 43.3. The van der Waals surface area contributed by atoms with Crippen LogP contribution < -0.4 is 26.2 Å². The molecular formula is C113H121BN4. The van der Waals surface area contributed by atoms with E-state index in [1.54, 1.807) is 0 Å². The Morgan fingerprint density at radius 2 is 0.508 bits per heavy atom. The molecule has 0 fully saturated rings. The van der Waals surface area contributed by atoms with Crippen LogP contribution in [-0.4, -0.2) is 15.8 Å². The van der Waals surface area contributed by atoms with E-state index < -0.39 is 11.8 Å². The van der Waals surface area contributed by atoms with Gasteiger partial charge in [-0.2, -0.15) is 0 Å². The third-order valence-electron chi connectivity index (χ3n) is 23.4. The second-order valence-corrected chi connectivity index (χ2v) is 42.9. The van der Waals surface area contributed by atoms with E-state index in [1.807, 2.05) is 0 Å². The van der Waals surface area contributed by atoms with E-state index in [0.717, 1.165) is 167 Å². The van der Waals surface area contributed by atoms with Gasteiger partial charge in [-0.3, -0.25) is 0 Å². The molecule has 2 aromatic heterocycles. The highest BCUT2D eigenvalue weighted by atomic mass is 15.2. The number of aromatic nitrogens is 2. The van der Waals surface area contributed by atoms with Crippen molar-refractivity contribution in [3.8, 4) is 55.9 Å². The van der Waals surface area contributed by atoms with Crippen LogP contribution in [0.3, 0.4) is 0 Å². The molecular weight excluding hydrogens is 1420 g/mol. The maximum Gasteiger partial charge on any atom is 0.252 e. The number of hydrogen-bond donors (Lipinski definition) is 0. The average molecular weight is 1550 g/mol. The highest BCUT2D eigenvalue weighted by Gasteiger charge is 2.47. The fraction of sp³-hybridized carbons (Fsp3) is 0.310. The molecule has 0 saturated heterocycles. The number of hydrogen-bond acceptors (Lipinski definition) is 2. The maximum absolute atomic E-state index is 11.1. The Hall–Kier alpha value is -10.9. The Bertz CT molecular complexity index is 5820. The SMILES string of the molecule is [2H]C([2H])(c1cc2c3c(c1)N(c1c(-c4ccccc4)cc(CC(C)(C)C)cc1-c1ccccc1)c1cc(-n4c5ccc(CC(C)(C)C)cc5c5cc(CC(C)(C)C)ccc54)ccc1B3c1ccc(-n3c4ccc(CC(C)(C)C)cc4c4cc(CC(C)(C)C)ccc43)cc1N2c1c(-c2ccccc2)cc(CC(C)(C)C)cc1-c1ccccc1)C(C)(C)C. The molecule has 5 heteroatoms. The molecule has 0 spiro atoms. The van der Waals surface area contributed by atoms with Crippen LogP contribution in [0, 0.1) is 37.9 Å². The van der Waals surface area contributed by atoms with Crippen LogP contribution >= 0.6 is 0 Å². The minimum absolute atomic E-state index is 0.0514. The molecule has 2 aliphatic rings. The highest BCUT2D eigenvalue weighted by molar-refractivity contribution is 7.00. The van der Waals surface area contributed by atoms with E-state index in [1.165, 1.54) is 54.9 Å². The van der Waals surface area contributed by atoms with Crippen LogP contribution in [0.15, 0.2) is 267 Å². The molecule has 17 rings (SSSR count). The van der Waals surface area contributed by atoms with Crippen molar-refractivity contribution in [2.24, 2.45) is 37.9 Å². The summed E-state index contributed by atoms with van der Waals surface area (Å²) in [5, 5.41) is 5.00. The summed E-state index contributed by atoms with van der Waals surface area (Å²) in [6.07, 6.45) is 3.58. The van der Waals surface area contributed by atoms with E-state index in [2.05, 4.69) is 431 Å². The molecule has 0 aliphatic carbocycles. The second kappa shape index (κ2) is 29.6. The zero-order chi connectivity index (χ0) is 84.9. The van der Waals surface area contributed by atoms with Crippen LogP contribution in [0.5, 0.6) is 0 Å². The molecule has 0 radical (unpaired) electrons. The third kappa shape index (κ3) is 16.1. The lowest BCUT2D eigenvalue weighted by molar-refractivity contribution is 0.411. The number of rotatable bonds is 15. The van der Waals surface area contributed by atoms with Crippen LogP contribution in [0.1, 0.15) is 187 Å². The Balaban J connectivity index is 1.07. The van der Waals surface area contributed by atoms with E-state index in [-0.39, 0.29) is 39.2 Å². The van der Waals surface area contributed by atoms with Crippen molar-refractivity contribution in [1.82, 2.24) is 9.13 Å². The van der Waals surface area contributed by atoms with Gasteiger partial charge in [-0.1, -0.05) is 303 Å². The van der Waals surface area contributed by atoms with E-state index in [0.29, 0.717) is 5.56 Å². The summed E-state index contributed by atoms with van der Waals surface area (Å²) in [6.45, 7) is 48.2. The summed E-state index contributed by atoms with van der Waals surface area (Å²) in [5.41, 5.74) is 32.8. The Morgan fingerprint density at radius 3 is 0.763 bits per heavy atom. The van der Waals surface area contributed by atoms with Crippen molar-refractivity contribution in [2.75, 3.05) is 9.80 Å². The van der Waals surface area contributed by atoms with Gasteiger partial charge in [0.05, 0.1) is 33.4 Å². The van der Waals surface area contributed by atoms with Gasteiger partial charge >= 0.3 is 0 Å². The summed E-state index contributed by atoms with van der Waals surface area (Å²) >= 11 is 0. The Kier molecular flexibility index (Phi) is 19.3. The summed E-state index contributed by atoms with van der Waals surface area (Å²) in [7, 11) is 0. The van der Waals surface area contributed by atoms with Crippen LogP contribution in [0.2, 0.25) is 0 Å². The molecule has 2 aliphatic heterocycles. The van der Waals surface area contributed by atoms with Crippen molar-refractivity contribution in [3.63, 3.8) is 0 Å². The quantitative estimate of drug-likeness (QED) is 0.0951. The predicted molar refractivity (Wildman–Crippen MR) is 513 cm³/mol. The van der Waals surface area contributed by atoms with Crippen molar-refractivity contribution in [1.29, 1.82) is 0 Å². The van der Waals surface area contributed by atoms with Gasteiger partial charge in [0.25, 0.3) is 6.71 Å². The van der Waals surface area contributed by atoms with Gasteiger partial charge in [0.15, 0.2) is 0 Å². The Labute approximate surface area is 707 Å². The number of fused-ring (bicyclic) bond motifs is 10. The van der Waals surface area contributed by atoms with Crippen molar-refractivity contribution < 1.29 is 2.74 Å². The zero-order valence-corrected chi connectivity index (χ0v) is 74.0. The molecule has 4 heterocycles. The average Bonchev–Trinajstić information content (AvgIpc) is 0.690. The molecule has 0 amide bonds. The van der Waals surface area contributed by atoms with Crippen LogP contribution in [0.25, 0.3) is 99.5 Å². The molecule has 4 nitrogen and oxygen atoms in total. The molecule has 0 atom stereocenters. The van der Waals surface area contributed by atoms with E-state index >= 15 is 0 Å². The second-order valence-electron chi connectivity index (χ2n) is 42.9. The molecule has 118 heavy (non-hydrogen) atoms. The topological polar surface area (TPSA) is 16.3 Å². The van der Waals surface area contributed by atoms with Crippen molar-refractivity contribution in [2.45, 2.75) is 190 Å². The summed E-state index contributed by atoms with van der Waals surface area (Å²) in [5.74, 6) is 0. The van der Waals surface area contributed by atoms with E-state index in [4.69, 9.17) is 0 Å².